The summed E-state index contributed by atoms with van der Waals surface area (Å²) in [4.78, 5) is 22.2. The average molecular weight is 347 g/mol. The molecule has 0 radical (unpaired) electrons. The maximum Gasteiger partial charge on any atom is 0.321 e. The van der Waals surface area contributed by atoms with E-state index in [1.54, 1.807) is 0 Å². The number of nitrogens with zero attached hydrogens (tertiary/aromatic N) is 1. The zero-order valence-corrected chi connectivity index (χ0v) is 14.2. The minimum absolute atomic E-state index is 0.0487. The number of nitro groups is 1. The number of carbonyl (C=O) groups excluding carboxylic acids is 1. The molecule has 126 valence electrons. The van der Waals surface area contributed by atoms with Crippen LogP contribution < -0.4 is 9.47 Å². The molecule has 0 heterocycles. The molecule has 0 saturated carbocycles. The predicted molar refractivity (Wildman–Crippen MR) is 92.6 cm³/mol. The van der Waals surface area contributed by atoms with Gasteiger partial charge >= 0.3 is 5.97 Å². The summed E-state index contributed by atoms with van der Waals surface area (Å²) in [5.74, 6) is 0.664. The van der Waals surface area contributed by atoms with Crippen LogP contribution in [0.4, 0.5) is 5.69 Å². The molecule has 2 aromatic rings. The van der Waals surface area contributed by atoms with Gasteiger partial charge in [0.1, 0.15) is 0 Å². The third kappa shape index (κ3) is 4.99. The summed E-state index contributed by atoms with van der Waals surface area (Å²) in [6.45, 7) is 2.01. The molecular formula is C17H17NO5S. The van der Waals surface area contributed by atoms with Gasteiger partial charge in [0, 0.05) is 11.8 Å². The number of carbonyl (C=O) groups is 1. The van der Waals surface area contributed by atoms with E-state index in [2.05, 4.69) is 0 Å². The first-order chi connectivity index (χ1) is 11.5. The van der Waals surface area contributed by atoms with Crippen molar-refractivity contribution in [2.45, 2.75) is 12.7 Å². The molecule has 0 fully saturated rings. The standard InChI is InChI=1S/C17H17NO5S/c1-12-3-5-13(6-4-12)10-24-11-17(19)23-16-9-14(18(20)21)7-8-15(16)22-2/h3-9H,10-11H2,1-2H3. The van der Waals surface area contributed by atoms with E-state index in [1.807, 2.05) is 31.2 Å². The monoisotopic (exact) mass is 347 g/mol. The number of aryl methyl sites for hydroxylation is 1. The van der Waals surface area contributed by atoms with Crippen LogP contribution in [0.15, 0.2) is 42.5 Å². The van der Waals surface area contributed by atoms with E-state index in [4.69, 9.17) is 9.47 Å². The van der Waals surface area contributed by atoms with Gasteiger partial charge in [0.25, 0.3) is 5.69 Å². The Morgan fingerprint density at radius 2 is 1.88 bits per heavy atom. The Bertz CT molecular complexity index is 730. The fraction of sp³-hybridized carbons (Fsp3) is 0.235. The van der Waals surface area contributed by atoms with Crippen molar-refractivity contribution in [2.75, 3.05) is 12.9 Å². The zero-order valence-electron chi connectivity index (χ0n) is 13.4. The summed E-state index contributed by atoms with van der Waals surface area (Å²) in [5, 5.41) is 10.8. The maximum absolute atomic E-state index is 11.9. The van der Waals surface area contributed by atoms with Crippen molar-refractivity contribution < 1.29 is 19.2 Å². The molecule has 0 aliphatic heterocycles. The minimum Gasteiger partial charge on any atom is -0.493 e. The van der Waals surface area contributed by atoms with Gasteiger partial charge in [0.15, 0.2) is 11.5 Å². The second kappa shape index (κ2) is 8.35. The quantitative estimate of drug-likeness (QED) is 0.328. The largest absolute Gasteiger partial charge is 0.493 e. The number of rotatable bonds is 7. The molecule has 0 amide bonds. The second-order valence-corrected chi connectivity index (χ2v) is 6.03. The number of esters is 1. The van der Waals surface area contributed by atoms with E-state index in [0.717, 1.165) is 5.56 Å². The van der Waals surface area contributed by atoms with Gasteiger partial charge in [-0.1, -0.05) is 29.8 Å². The highest BCUT2D eigenvalue weighted by atomic mass is 32.2. The summed E-state index contributed by atoms with van der Waals surface area (Å²) in [7, 11) is 1.41. The first kappa shape index (κ1) is 17.8. The first-order valence-corrected chi connectivity index (χ1v) is 8.31. The van der Waals surface area contributed by atoms with Crippen molar-refractivity contribution in [2.24, 2.45) is 0 Å². The van der Waals surface area contributed by atoms with Crippen molar-refractivity contribution in [3.8, 4) is 11.5 Å². The van der Waals surface area contributed by atoms with Crippen LogP contribution >= 0.6 is 11.8 Å². The van der Waals surface area contributed by atoms with Gasteiger partial charge in [-0.05, 0) is 18.6 Å². The van der Waals surface area contributed by atoms with Crippen molar-refractivity contribution in [3.63, 3.8) is 0 Å². The molecule has 0 aliphatic carbocycles. The van der Waals surface area contributed by atoms with Crippen molar-refractivity contribution in [3.05, 3.63) is 63.7 Å². The van der Waals surface area contributed by atoms with Crippen molar-refractivity contribution in [1.29, 1.82) is 0 Å². The topological polar surface area (TPSA) is 78.7 Å². The number of nitro benzene ring substituents is 1. The first-order valence-electron chi connectivity index (χ1n) is 7.16. The summed E-state index contributed by atoms with van der Waals surface area (Å²) in [6.07, 6.45) is 0. The molecule has 2 aromatic carbocycles. The van der Waals surface area contributed by atoms with Crippen molar-refractivity contribution >= 4 is 23.4 Å². The number of hydrogen-bond donors (Lipinski definition) is 0. The lowest BCUT2D eigenvalue weighted by atomic mass is 10.2. The molecule has 0 atom stereocenters. The van der Waals surface area contributed by atoms with Gasteiger partial charge in [-0.3, -0.25) is 14.9 Å². The Kier molecular flexibility index (Phi) is 6.20. The van der Waals surface area contributed by atoms with Crippen LogP contribution in [0, 0.1) is 17.0 Å². The van der Waals surface area contributed by atoms with Gasteiger partial charge in [0.2, 0.25) is 0 Å². The normalized spacial score (nSPS) is 10.2. The maximum atomic E-state index is 11.9. The molecule has 7 heteroatoms. The van der Waals surface area contributed by atoms with E-state index in [9.17, 15) is 14.9 Å². The van der Waals surface area contributed by atoms with E-state index in [-0.39, 0.29) is 22.9 Å². The number of methoxy groups -OCH3 is 1. The molecule has 0 spiro atoms. The number of non-ortho nitro benzene ring substituents is 1. The van der Waals surface area contributed by atoms with E-state index in [0.29, 0.717) is 5.75 Å². The van der Waals surface area contributed by atoms with E-state index >= 15 is 0 Å². The predicted octanol–water partition coefficient (Wildman–Crippen LogP) is 3.75. The van der Waals surface area contributed by atoms with Crippen LogP contribution in [0.3, 0.4) is 0 Å². The molecular weight excluding hydrogens is 330 g/mol. The molecule has 0 N–H and O–H groups in total. The third-order valence-corrected chi connectivity index (χ3v) is 4.17. The van der Waals surface area contributed by atoms with Crippen molar-refractivity contribution in [1.82, 2.24) is 0 Å². The van der Waals surface area contributed by atoms with E-state index in [1.165, 1.54) is 42.6 Å². The molecule has 0 saturated heterocycles. The molecule has 6 nitrogen and oxygen atoms in total. The van der Waals surface area contributed by atoms with Gasteiger partial charge in [0.05, 0.1) is 23.9 Å². The molecule has 0 bridgehead atoms. The molecule has 2 rings (SSSR count). The van der Waals surface area contributed by atoms with Crippen LogP contribution in [0.5, 0.6) is 11.5 Å². The number of benzene rings is 2. The smallest absolute Gasteiger partial charge is 0.321 e. The summed E-state index contributed by atoms with van der Waals surface area (Å²) in [5.41, 5.74) is 2.14. The second-order valence-electron chi connectivity index (χ2n) is 5.04. The molecule has 0 aliphatic rings. The SMILES string of the molecule is COc1ccc([N+](=O)[O-])cc1OC(=O)CSCc1ccc(C)cc1. The number of hydrogen-bond acceptors (Lipinski definition) is 6. The van der Waals surface area contributed by atoms with E-state index < -0.39 is 10.9 Å². The fourth-order valence-corrected chi connectivity index (χ4v) is 2.70. The minimum atomic E-state index is -0.553. The van der Waals surface area contributed by atoms with Crippen LogP contribution in [-0.4, -0.2) is 23.8 Å². The number of ether oxygens (including phenoxy) is 2. The van der Waals surface area contributed by atoms with Crippen LogP contribution in [0.25, 0.3) is 0 Å². The van der Waals surface area contributed by atoms with Crippen LogP contribution in [-0.2, 0) is 10.5 Å². The lowest BCUT2D eigenvalue weighted by molar-refractivity contribution is -0.384. The van der Waals surface area contributed by atoms with Gasteiger partial charge < -0.3 is 9.47 Å². The summed E-state index contributed by atoms with van der Waals surface area (Å²) < 4.78 is 10.3. The lowest BCUT2D eigenvalue weighted by Crippen LogP contribution is -2.11. The van der Waals surface area contributed by atoms with Gasteiger partial charge in [-0.15, -0.1) is 11.8 Å². The van der Waals surface area contributed by atoms with Crippen LogP contribution in [0.2, 0.25) is 0 Å². The Hall–Kier alpha value is -2.54. The average Bonchev–Trinajstić information content (AvgIpc) is 2.56. The highest BCUT2D eigenvalue weighted by molar-refractivity contribution is 7.99. The fourth-order valence-electron chi connectivity index (χ4n) is 1.95. The Morgan fingerprint density at radius 3 is 2.50 bits per heavy atom. The highest BCUT2D eigenvalue weighted by Crippen LogP contribution is 2.31. The molecule has 24 heavy (non-hydrogen) atoms. The Balaban J connectivity index is 1.93. The van der Waals surface area contributed by atoms with Gasteiger partial charge in [-0.25, -0.2) is 0 Å². The highest BCUT2D eigenvalue weighted by Gasteiger charge is 2.15. The third-order valence-electron chi connectivity index (χ3n) is 3.19. The summed E-state index contributed by atoms with van der Waals surface area (Å²) >= 11 is 1.41. The Labute approximate surface area is 143 Å². The number of thioether (sulfide) groups is 1. The van der Waals surface area contributed by atoms with Crippen LogP contribution in [0.1, 0.15) is 11.1 Å². The Morgan fingerprint density at radius 1 is 1.17 bits per heavy atom. The van der Waals surface area contributed by atoms with Gasteiger partial charge in [-0.2, -0.15) is 0 Å². The lowest BCUT2D eigenvalue weighted by Gasteiger charge is -2.09. The zero-order chi connectivity index (χ0) is 17.5. The summed E-state index contributed by atoms with van der Waals surface area (Å²) in [6, 6.07) is 11.9. The molecule has 0 aromatic heterocycles. The molecule has 0 unspecified atom stereocenters.